The van der Waals surface area contributed by atoms with Crippen molar-refractivity contribution in [3.8, 4) is 0 Å². The molecular formula is C25H27N3O3S2. The Morgan fingerprint density at radius 1 is 1.30 bits per heavy atom. The second-order valence-corrected chi connectivity index (χ2v) is 10.8. The van der Waals surface area contributed by atoms with E-state index < -0.39 is 0 Å². The number of carbonyl (C=O) groups excluding carboxylic acids is 1. The van der Waals surface area contributed by atoms with Crippen LogP contribution in [0.15, 0.2) is 33.5 Å². The van der Waals surface area contributed by atoms with E-state index in [-0.39, 0.29) is 17.5 Å². The summed E-state index contributed by atoms with van der Waals surface area (Å²) in [5, 5.41) is 4.91. The second-order valence-electron chi connectivity index (χ2n) is 8.58. The van der Waals surface area contributed by atoms with Gasteiger partial charge in [0.05, 0.1) is 17.2 Å². The predicted octanol–water partition coefficient (Wildman–Crippen LogP) is 5.42. The predicted molar refractivity (Wildman–Crippen MR) is 135 cm³/mol. The van der Waals surface area contributed by atoms with Crippen molar-refractivity contribution in [2.24, 2.45) is 0 Å². The van der Waals surface area contributed by atoms with Gasteiger partial charge in [-0.2, -0.15) is 11.8 Å². The van der Waals surface area contributed by atoms with Crippen molar-refractivity contribution in [1.29, 1.82) is 0 Å². The molecule has 2 N–H and O–H groups in total. The van der Waals surface area contributed by atoms with Gasteiger partial charge < -0.3 is 14.7 Å². The van der Waals surface area contributed by atoms with E-state index in [9.17, 15) is 9.59 Å². The number of aromatic nitrogens is 2. The van der Waals surface area contributed by atoms with Crippen LogP contribution >= 0.6 is 23.1 Å². The molecule has 1 atom stereocenters. The van der Waals surface area contributed by atoms with Crippen molar-refractivity contribution in [2.75, 3.05) is 5.75 Å². The third-order valence-corrected chi connectivity index (χ3v) is 8.39. The molecule has 5 rings (SSSR count). The Morgan fingerprint density at radius 2 is 2.12 bits per heavy atom. The SMILES string of the molecule is Cc1c(C(C)NC(=O)CCSCc2nc3sc4c(c3c(=O)[nH]2)CCCC4)oc2ccccc12. The van der Waals surface area contributed by atoms with Gasteiger partial charge in [-0.15, -0.1) is 11.3 Å². The van der Waals surface area contributed by atoms with Gasteiger partial charge in [0.1, 0.15) is 22.0 Å². The van der Waals surface area contributed by atoms with Crippen molar-refractivity contribution < 1.29 is 9.21 Å². The van der Waals surface area contributed by atoms with E-state index in [4.69, 9.17) is 9.40 Å². The lowest BCUT2D eigenvalue weighted by Gasteiger charge is -2.12. The standard InChI is InChI=1S/C25H27N3O3S2/c1-14-16-7-3-5-9-18(16)31-23(14)15(2)26-21(29)11-12-32-13-20-27-24(30)22-17-8-4-6-10-19(17)33-25(22)28-20/h3,5,7,9,15H,4,6,8,10-13H2,1-2H3,(H,26,29)(H,27,28,30). The van der Waals surface area contributed by atoms with E-state index in [2.05, 4.69) is 10.3 Å². The Balaban J connectivity index is 1.15. The minimum Gasteiger partial charge on any atom is -0.459 e. The van der Waals surface area contributed by atoms with Crippen molar-refractivity contribution in [3.05, 3.63) is 62.2 Å². The number of carbonyl (C=O) groups is 1. The molecule has 0 spiro atoms. The van der Waals surface area contributed by atoms with E-state index in [1.807, 2.05) is 38.1 Å². The number of amides is 1. The molecular weight excluding hydrogens is 454 g/mol. The summed E-state index contributed by atoms with van der Waals surface area (Å²) in [6.45, 7) is 3.97. The number of nitrogens with one attached hydrogen (secondary N) is 2. The normalized spacial score (nSPS) is 14.5. The molecule has 1 amide bonds. The first-order chi connectivity index (χ1) is 16.0. The average Bonchev–Trinajstić information content (AvgIpc) is 3.35. The van der Waals surface area contributed by atoms with E-state index >= 15 is 0 Å². The number of aromatic amines is 1. The highest BCUT2D eigenvalue weighted by molar-refractivity contribution is 7.98. The number of H-pyrrole nitrogens is 1. The van der Waals surface area contributed by atoms with Gasteiger partial charge in [-0.25, -0.2) is 4.98 Å². The molecule has 1 aliphatic carbocycles. The summed E-state index contributed by atoms with van der Waals surface area (Å²) in [5.74, 6) is 2.70. The van der Waals surface area contributed by atoms with Crippen LogP contribution in [0.1, 0.15) is 59.8 Å². The smallest absolute Gasteiger partial charge is 0.259 e. The second kappa shape index (κ2) is 9.35. The molecule has 172 valence electrons. The molecule has 0 fully saturated rings. The number of rotatable bonds is 7. The number of aryl methyl sites for hydroxylation is 3. The number of para-hydroxylation sites is 1. The largest absolute Gasteiger partial charge is 0.459 e. The lowest BCUT2D eigenvalue weighted by atomic mass is 9.97. The highest BCUT2D eigenvalue weighted by Crippen LogP contribution is 2.33. The van der Waals surface area contributed by atoms with Crippen LogP contribution in [0.3, 0.4) is 0 Å². The van der Waals surface area contributed by atoms with Crippen LogP contribution in [0, 0.1) is 6.92 Å². The quantitative estimate of drug-likeness (QED) is 0.344. The highest BCUT2D eigenvalue weighted by atomic mass is 32.2. The zero-order valence-electron chi connectivity index (χ0n) is 18.8. The maximum Gasteiger partial charge on any atom is 0.259 e. The summed E-state index contributed by atoms with van der Waals surface area (Å²) < 4.78 is 5.96. The number of thioether (sulfide) groups is 1. The lowest BCUT2D eigenvalue weighted by molar-refractivity contribution is -0.121. The zero-order valence-corrected chi connectivity index (χ0v) is 20.5. The van der Waals surface area contributed by atoms with E-state index in [1.54, 1.807) is 23.1 Å². The molecule has 0 bridgehead atoms. The van der Waals surface area contributed by atoms with Crippen LogP contribution in [-0.4, -0.2) is 21.6 Å². The topological polar surface area (TPSA) is 88.0 Å². The molecule has 33 heavy (non-hydrogen) atoms. The van der Waals surface area contributed by atoms with E-state index in [1.165, 1.54) is 16.9 Å². The minimum atomic E-state index is -0.194. The Bertz CT molecular complexity index is 1390. The van der Waals surface area contributed by atoms with Gasteiger partial charge in [-0.05, 0) is 51.2 Å². The summed E-state index contributed by atoms with van der Waals surface area (Å²) in [6, 6.07) is 7.71. The molecule has 0 radical (unpaired) electrons. The van der Waals surface area contributed by atoms with Crippen molar-refractivity contribution in [3.63, 3.8) is 0 Å². The van der Waals surface area contributed by atoms with Crippen molar-refractivity contribution in [2.45, 2.75) is 57.7 Å². The summed E-state index contributed by atoms with van der Waals surface area (Å²) in [4.78, 5) is 35.0. The maximum absolute atomic E-state index is 12.7. The van der Waals surface area contributed by atoms with Crippen LogP contribution < -0.4 is 10.9 Å². The third kappa shape index (κ3) is 4.46. The molecule has 4 aromatic rings. The summed E-state index contributed by atoms with van der Waals surface area (Å²) in [7, 11) is 0. The van der Waals surface area contributed by atoms with Gasteiger partial charge >= 0.3 is 0 Å². The van der Waals surface area contributed by atoms with Crippen LogP contribution in [0.25, 0.3) is 21.2 Å². The zero-order chi connectivity index (χ0) is 22.9. The fraction of sp³-hybridized carbons (Fsp3) is 0.400. The number of thiophene rings is 1. The van der Waals surface area contributed by atoms with Gasteiger partial charge in [0, 0.05) is 28.0 Å². The maximum atomic E-state index is 12.7. The molecule has 0 saturated carbocycles. The molecule has 1 unspecified atom stereocenters. The first kappa shape index (κ1) is 22.2. The molecule has 6 nitrogen and oxygen atoms in total. The van der Waals surface area contributed by atoms with Gasteiger partial charge in [0.2, 0.25) is 5.91 Å². The van der Waals surface area contributed by atoms with Gasteiger partial charge in [0.25, 0.3) is 5.56 Å². The summed E-state index contributed by atoms with van der Waals surface area (Å²) in [5.41, 5.74) is 3.09. The fourth-order valence-corrected chi connectivity index (χ4v) is 6.68. The van der Waals surface area contributed by atoms with Gasteiger partial charge in [-0.1, -0.05) is 18.2 Å². The first-order valence-electron chi connectivity index (χ1n) is 11.4. The number of hydrogen-bond donors (Lipinski definition) is 2. The summed E-state index contributed by atoms with van der Waals surface area (Å²) >= 11 is 3.27. The summed E-state index contributed by atoms with van der Waals surface area (Å²) in [6.07, 6.45) is 4.77. The number of nitrogens with zero attached hydrogens (tertiary/aromatic N) is 1. The van der Waals surface area contributed by atoms with Crippen LogP contribution in [0.4, 0.5) is 0 Å². The van der Waals surface area contributed by atoms with Crippen molar-refractivity contribution in [1.82, 2.24) is 15.3 Å². The Labute approximate surface area is 200 Å². The molecule has 0 saturated heterocycles. The molecule has 1 aromatic carbocycles. The van der Waals surface area contributed by atoms with Gasteiger partial charge in [-0.3, -0.25) is 9.59 Å². The Kier molecular flexibility index (Phi) is 6.29. The van der Waals surface area contributed by atoms with Crippen molar-refractivity contribution >= 4 is 50.2 Å². The van der Waals surface area contributed by atoms with E-state index in [0.29, 0.717) is 23.8 Å². The molecule has 8 heteroatoms. The number of furan rings is 1. The monoisotopic (exact) mass is 481 g/mol. The van der Waals surface area contributed by atoms with Crippen LogP contribution in [0.2, 0.25) is 0 Å². The van der Waals surface area contributed by atoms with E-state index in [0.717, 1.165) is 51.8 Å². The number of hydrogen-bond acceptors (Lipinski definition) is 6. The molecule has 1 aliphatic rings. The Hall–Kier alpha value is -2.58. The molecule has 3 heterocycles. The average molecular weight is 482 g/mol. The number of fused-ring (bicyclic) bond motifs is 4. The highest BCUT2D eigenvalue weighted by Gasteiger charge is 2.20. The van der Waals surface area contributed by atoms with Crippen LogP contribution in [0.5, 0.6) is 0 Å². The first-order valence-corrected chi connectivity index (χ1v) is 13.4. The molecule has 0 aliphatic heterocycles. The molecule has 3 aromatic heterocycles. The van der Waals surface area contributed by atoms with Gasteiger partial charge in [0.15, 0.2) is 0 Å². The lowest BCUT2D eigenvalue weighted by Crippen LogP contribution is -2.27. The number of benzene rings is 1. The third-order valence-electron chi connectivity index (χ3n) is 6.24. The Morgan fingerprint density at radius 3 is 2.97 bits per heavy atom. The minimum absolute atomic E-state index is 0.0160. The van der Waals surface area contributed by atoms with Crippen LogP contribution in [-0.2, 0) is 23.4 Å². The fourth-order valence-electron chi connectivity index (χ4n) is 4.60.